The van der Waals surface area contributed by atoms with Gasteiger partial charge in [-0.3, -0.25) is 9.59 Å². The van der Waals surface area contributed by atoms with Gasteiger partial charge in [-0.25, -0.2) is 4.98 Å². The van der Waals surface area contributed by atoms with E-state index in [1.807, 2.05) is 6.07 Å². The van der Waals surface area contributed by atoms with Gasteiger partial charge in [-0.1, -0.05) is 15.9 Å². The number of fused-ring (bicyclic) bond motifs is 1. The molecule has 1 aromatic heterocycles. The molecule has 1 amide bonds. The second-order valence-electron chi connectivity index (χ2n) is 7.72. The molecule has 0 bridgehead atoms. The lowest BCUT2D eigenvalue weighted by Gasteiger charge is -2.27. The lowest BCUT2D eigenvalue weighted by Crippen LogP contribution is -2.43. The summed E-state index contributed by atoms with van der Waals surface area (Å²) in [5.74, 6) is 1.34. The Morgan fingerprint density at radius 1 is 1.17 bits per heavy atom. The van der Waals surface area contributed by atoms with E-state index in [-0.39, 0.29) is 18.1 Å². The van der Waals surface area contributed by atoms with Crippen LogP contribution in [0.4, 0.5) is 0 Å². The van der Waals surface area contributed by atoms with Crippen LogP contribution in [0.5, 0.6) is 17.2 Å². The fraction of sp³-hybridized carbons (Fsp3) is 0.333. The van der Waals surface area contributed by atoms with Gasteiger partial charge in [-0.2, -0.15) is 9.78 Å². The van der Waals surface area contributed by atoms with Gasteiger partial charge in [0, 0.05) is 23.1 Å². The van der Waals surface area contributed by atoms with Gasteiger partial charge in [0.05, 0.1) is 44.6 Å². The number of rotatable bonds is 7. The Morgan fingerprint density at radius 3 is 2.51 bits per heavy atom. The van der Waals surface area contributed by atoms with Crippen LogP contribution in [0.3, 0.4) is 0 Å². The summed E-state index contributed by atoms with van der Waals surface area (Å²) in [6.07, 6.45) is 1.51. The van der Waals surface area contributed by atoms with Crippen molar-refractivity contribution in [2.24, 2.45) is 5.10 Å². The Balaban J connectivity index is 1.60. The minimum absolute atomic E-state index is 0.145. The van der Waals surface area contributed by atoms with Gasteiger partial charge in [0.2, 0.25) is 5.75 Å². The van der Waals surface area contributed by atoms with Crippen molar-refractivity contribution in [1.29, 1.82) is 0 Å². The molecule has 0 N–H and O–H groups in total. The van der Waals surface area contributed by atoms with Crippen LogP contribution in [0.2, 0.25) is 0 Å². The lowest BCUT2D eigenvalue weighted by molar-refractivity contribution is -0.137. The molecule has 1 aliphatic heterocycles. The van der Waals surface area contributed by atoms with E-state index >= 15 is 0 Å². The van der Waals surface area contributed by atoms with Crippen molar-refractivity contribution >= 4 is 39.0 Å². The second kappa shape index (κ2) is 10.9. The largest absolute Gasteiger partial charge is 0.493 e. The van der Waals surface area contributed by atoms with E-state index in [0.29, 0.717) is 65.8 Å². The zero-order chi connectivity index (χ0) is 24.9. The number of ether oxygens (including phenoxy) is 4. The topological polar surface area (TPSA) is 104 Å². The molecule has 0 saturated carbocycles. The summed E-state index contributed by atoms with van der Waals surface area (Å²) in [5, 5.41) is 4.80. The molecule has 0 atom stereocenters. The summed E-state index contributed by atoms with van der Waals surface area (Å²) < 4.78 is 24.0. The minimum Gasteiger partial charge on any atom is -0.493 e. The Hall–Kier alpha value is -3.44. The molecule has 0 aliphatic carbocycles. The average Bonchev–Trinajstić information content (AvgIpc) is 2.88. The monoisotopic (exact) mass is 544 g/mol. The van der Waals surface area contributed by atoms with Crippen molar-refractivity contribution in [3.05, 3.63) is 56.5 Å². The molecule has 1 aliphatic rings. The number of aromatic nitrogens is 2. The zero-order valence-electron chi connectivity index (χ0n) is 19.6. The normalized spacial score (nSPS) is 13.9. The highest BCUT2D eigenvalue weighted by atomic mass is 79.9. The Morgan fingerprint density at radius 2 is 1.86 bits per heavy atom. The van der Waals surface area contributed by atoms with Crippen LogP contribution in [-0.2, 0) is 9.53 Å². The summed E-state index contributed by atoms with van der Waals surface area (Å²) in [6, 6.07) is 8.70. The molecule has 3 aromatic rings. The third kappa shape index (κ3) is 5.46. The van der Waals surface area contributed by atoms with E-state index in [0.717, 1.165) is 4.47 Å². The van der Waals surface area contributed by atoms with E-state index in [2.05, 4.69) is 26.0 Å². The molecule has 1 fully saturated rings. The third-order valence-electron chi connectivity index (χ3n) is 5.48. The summed E-state index contributed by atoms with van der Waals surface area (Å²) in [6.45, 7) is 3.64. The number of amides is 1. The van der Waals surface area contributed by atoms with Crippen LogP contribution in [0, 0.1) is 6.92 Å². The molecule has 184 valence electrons. The van der Waals surface area contributed by atoms with Crippen LogP contribution in [-0.4, -0.2) is 73.8 Å². The first-order chi connectivity index (χ1) is 16.9. The molecule has 35 heavy (non-hydrogen) atoms. The minimum atomic E-state index is -0.287. The van der Waals surface area contributed by atoms with E-state index < -0.39 is 0 Å². The number of carbonyl (C=O) groups excluding carboxylic acids is 1. The van der Waals surface area contributed by atoms with Crippen LogP contribution in [0.25, 0.3) is 10.9 Å². The fourth-order valence-electron chi connectivity index (χ4n) is 3.68. The third-order valence-corrected chi connectivity index (χ3v) is 5.97. The van der Waals surface area contributed by atoms with Crippen LogP contribution >= 0.6 is 15.9 Å². The summed E-state index contributed by atoms with van der Waals surface area (Å²) >= 11 is 3.38. The maximum atomic E-state index is 13.0. The van der Waals surface area contributed by atoms with Gasteiger partial charge in [-0.05, 0) is 37.3 Å². The highest BCUT2D eigenvalue weighted by Gasteiger charge is 2.20. The molecular weight excluding hydrogens is 520 g/mol. The van der Waals surface area contributed by atoms with E-state index in [1.54, 1.807) is 36.1 Å². The highest BCUT2D eigenvalue weighted by molar-refractivity contribution is 9.10. The summed E-state index contributed by atoms with van der Waals surface area (Å²) in [4.78, 5) is 31.6. The molecule has 2 heterocycles. The molecule has 11 heteroatoms. The van der Waals surface area contributed by atoms with Crippen molar-refractivity contribution in [3.8, 4) is 17.2 Å². The van der Waals surface area contributed by atoms with Crippen molar-refractivity contribution in [3.63, 3.8) is 0 Å². The fourth-order valence-corrected chi connectivity index (χ4v) is 4.04. The Kier molecular flexibility index (Phi) is 7.67. The SMILES string of the molecule is COc1cc(C=Nn2c(C)nc3ccc(Br)cc3c2=O)cc(OC)c1OCC(=O)N1CCOCC1. The quantitative estimate of drug-likeness (QED) is 0.421. The van der Waals surface area contributed by atoms with Gasteiger partial charge in [0.1, 0.15) is 5.82 Å². The molecular formula is C24H25BrN4O6. The Bertz CT molecular complexity index is 1310. The number of hydrogen-bond acceptors (Lipinski definition) is 8. The van der Waals surface area contributed by atoms with E-state index in [4.69, 9.17) is 18.9 Å². The number of halogens is 1. The first-order valence-electron chi connectivity index (χ1n) is 10.9. The van der Waals surface area contributed by atoms with Crippen molar-refractivity contribution in [2.45, 2.75) is 6.92 Å². The van der Waals surface area contributed by atoms with Crippen LogP contribution in [0.15, 0.2) is 44.7 Å². The van der Waals surface area contributed by atoms with Gasteiger partial charge in [0.25, 0.3) is 11.5 Å². The summed E-state index contributed by atoms with van der Waals surface area (Å²) in [7, 11) is 2.98. The van der Waals surface area contributed by atoms with Gasteiger partial charge >= 0.3 is 0 Å². The van der Waals surface area contributed by atoms with E-state index in [9.17, 15) is 9.59 Å². The molecule has 0 radical (unpaired) electrons. The van der Waals surface area contributed by atoms with Gasteiger partial charge in [-0.15, -0.1) is 0 Å². The molecule has 2 aromatic carbocycles. The van der Waals surface area contributed by atoms with Crippen LogP contribution in [0.1, 0.15) is 11.4 Å². The van der Waals surface area contributed by atoms with Crippen molar-refractivity contribution < 1.29 is 23.7 Å². The number of benzene rings is 2. The van der Waals surface area contributed by atoms with Gasteiger partial charge < -0.3 is 23.8 Å². The lowest BCUT2D eigenvalue weighted by atomic mass is 10.2. The highest BCUT2D eigenvalue weighted by Crippen LogP contribution is 2.38. The van der Waals surface area contributed by atoms with Crippen molar-refractivity contribution in [2.75, 3.05) is 47.1 Å². The predicted octanol–water partition coefficient (Wildman–Crippen LogP) is 2.60. The summed E-state index contributed by atoms with van der Waals surface area (Å²) in [5.41, 5.74) is 0.912. The number of hydrogen-bond donors (Lipinski definition) is 0. The molecule has 0 spiro atoms. The number of carbonyl (C=O) groups is 1. The maximum Gasteiger partial charge on any atom is 0.282 e. The number of aryl methyl sites for hydroxylation is 1. The zero-order valence-corrected chi connectivity index (χ0v) is 21.2. The number of morpholine rings is 1. The standard InChI is InChI=1S/C24H25BrN4O6/c1-15-27-19-5-4-17(25)12-18(19)24(31)29(15)26-13-16-10-20(32-2)23(21(11-16)33-3)35-14-22(30)28-6-8-34-9-7-28/h4-5,10-13H,6-9,14H2,1-3H3. The first-order valence-corrected chi connectivity index (χ1v) is 11.7. The molecule has 10 nitrogen and oxygen atoms in total. The predicted molar refractivity (Wildman–Crippen MR) is 134 cm³/mol. The average molecular weight is 545 g/mol. The number of methoxy groups -OCH3 is 2. The second-order valence-corrected chi connectivity index (χ2v) is 8.63. The maximum absolute atomic E-state index is 13.0. The molecule has 4 rings (SSSR count). The Labute approximate surface area is 210 Å². The van der Waals surface area contributed by atoms with Gasteiger partial charge in [0.15, 0.2) is 18.1 Å². The van der Waals surface area contributed by atoms with E-state index in [1.165, 1.54) is 25.1 Å². The number of nitrogens with zero attached hydrogens (tertiary/aromatic N) is 4. The molecule has 1 saturated heterocycles. The van der Waals surface area contributed by atoms with Crippen molar-refractivity contribution in [1.82, 2.24) is 14.6 Å². The molecule has 0 unspecified atom stereocenters. The smallest absolute Gasteiger partial charge is 0.282 e. The van der Waals surface area contributed by atoms with Crippen LogP contribution < -0.4 is 19.8 Å². The first kappa shape index (κ1) is 24.7.